The van der Waals surface area contributed by atoms with E-state index in [1.165, 1.54) is 10.6 Å². The number of esters is 1. The highest BCUT2D eigenvalue weighted by Crippen LogP contribution is 2.09. The van der Waals surface area contributed by atoms with Crippen LogP contribution in [0.3, 0.4) is 0 Å². The fourth-order valence-electron chi connectivity index (χ4n) is 1.42. The molecule has 0 aliphatic heterocycles. The maximum absolute atomic E-state index is 11.6. The molecule has 5 heteroatoms. The number of pyridine rings is 1. The van der Waals surface area contributed by atoms with E-state index in [0.717, 1.165) is 0 Å². The van der Waals surface area contributed by atoms with E-state index in [1.54, 1.807) is 39.1 Å². The summed E-state index contributed by atoms with van der Waals surface area (Å²) in [7, 11) is 0. The summed E-state index contributed by atoms with van der Waals surface area (Å²) in [6.07, 6.45) is 2.04. The molecule has 0 aromatic carbocycles. The first kappa shape index (κ1) is 14.4. The van der Waals surface area contributed by atoms with Gasteiger partial charge in [-0.3, -0.25) is 9.59 Å². The van der Waals surface area contributed by atoms with E-state index in [4.69, 9.17) is 10.5 Å². The van der Waals surface area contributed by atoms with Crippen LogP contribution in [0.1, 0.15) is 27.2 Å². The third kappa shape index (κ3) is 4.71. The number of rotatable bonds is 4. The maximum atomic E-state index is 11.6. The molecule has 0 bridgehead atoms. The molecule has 1 unspecified atom stereocenters. The van der Waals surface area contributed by atoms with Gasteiger partial charge in [-0.25, -0.2) is 0 Å². The van der Waals surface area contributed by atoms with Gasteiger partial charge in [0, 0.05) is 18.8 Å². The molecule has 0 amide bonds. The lowest BCUT2D eigenvalue weighted by Gasteiger charge is -2.22. The summed E-state index contributed by atoms with van der Waals surface area (Å²) in [6.45, 7) is 5.78. The first-order valence-electron chi connectivity index (χ1n) is 5.93. The van der Waals surface area contributed by atoms with Gasteiger partial charge in [0.1, 0.15) is 11.6 Å². The van der Waals surface area contributed by atoms with Gasteiger partial charge >= 0.3 is 5.97 Å². The van der Waals surface area contributed by atoms with Crippen molar-refractivity contribution in [2.24, 2.45) is 5.73 Å². The third-order valence-corrected chi connectivity index (χ3v) is 2.29. The van der Waals surface area contributed by atoms with E-state index >= 15 is 0 Å². The molecule has 0 aliphatic carbocycles. The van der Waals surface area contributed by atoms with Crippen LogP contribution in [0, 0.1) is 0 Å². The van der Waals surface area contributed by atoms with Gasteiger partial charge in [0.15, 0.2) is 0 Å². The summed E-state index contributed by atoms with van der Waals surface area (Å²) in [5.41, 5.74) is 5.09. The van der Waals surface area contributed by atoms with Gasteiger partial charge in [-0.2, -0.15) is 0 Å². The van der Waals surface area contributed by atoms with Crippen LogP contribution in [0.15, 0.2) is 29.2 Å². The van der Waals surface area contributed by atoms with Crippen LogP contribution in [0.4, 0.5) is 0 Å². The molecule has 18 heavy (non-hydrogen) atoms. The minimum Gasteiger partial charge on any atom is -0.459 e. The van der Waals surface area contributed by atoms with Crippen molar-refractivity contribution in [3.05, 3.63) is 34.7 Å². The van der Waals surface area contributed by atoms with Crippen LogP contribution in [0.2, 0.25) is 0 Å². The van der Waals surface area contributed by atoms with Crippen molar-refractivity contribution in [1.29, 1.82) is 0 Å². The second-order valence-corrected chi connectivity index (χ2v) is 5.16. The number of ether oxygens (including phenoxy) is 1. The Balaban J connectivity index is 2.52. The van der Waals surface area contributed by atoms with Crippen molar-refractivity contribution >= 4 is 5.97 Å². The zero-order valence-electron chi connectivity index (χ0n) is 11.1. The molecule has 1 atom stereocenters. The van der Waals surface area contributed by atoms with Crippen LogP contribution in [0.5, 0.6) is 0 Å². The fraction of sp³-hybridized carbons (Fsp3) is 0.538. The third-order valence-electron chi connectivity index (χ3n) is 2.29. The van der Waals surface area contributed by atoms with Gasteiger partial charge < -0.3 is 15.0 Å². The lowest BCUT2D eigenvalue weighted by Crippen LogP contribution is -2.38. The van der Waals surface area contributed by atoms with Gasteiger partial charge in [0.05, 0.1) is 0 Å². The summed E-state index contributed by atoms with van der Waals surface area (Å²) in [5.74, 6) is -0.438. The molecule has 0 saturated carbocycles. The van der Waals surface area contributed by atoms with Crippen LogP contribution in [-0.2, 0) is 16.1 Å². The molecule has 2 N–H and O–H groups in total. The molecular weight excluding hydrogens is 232 g/mol. The van der Waals surface area contributed by atoms with Gasteiger partial charge in [0.2, 0.25) is 5.56 Å². The highest BCUT2D eigenvalue weighted by molar-refractivity contribution is 5.75. The topological polar surface area (TPSA) is 74.3 Å². The highest BCUT2D eigenvalue weighted by Gasteiger charge is 2.21. The largest absolute Gasteiger partial charge is 0.459 e. The summed E-state index contributed by atoms with van der Waals surface area (Å²) < 4.78 is 6.68. The Bertz CT molecular complexity index is 460. The Kier molecular flexibility index (Phi) is 4.67. The molecule has 0 fully saturated rings. The van der Waals surface area contributed by atoms with Crippen molar-refractivity contribution in [2.45, 2.75) is 45.4 Å². The molecule has 5 nitrogen and oxygen atoms in total. The minimum atomic E-state index is -0.712. The molecule has 1 rings (SSSR count). The first-order chi connectivity index (χ1) is 8.29. The van der Waals surface area contributed by atoms with E-state index in [0.29, 0.717) is 13.0 Å². The predicted octanol–water partition coefficient (Wildman–Crippen LogP) is 0.907. The van der Waals surface area contributed by atoms with E-state index in [1.807, 2.05) is 0 Å². The van der Waals surface area contributed by atoms with E-state index in [2.05, 4.69) is 0 Å². The Morgan fingerprint density at radius 3 is 2.67 bits per heavy atom. The molecule has 0 spiro atoms. The average Bonchev–Trinajstić information content (AvgIpc) is 2.25. The van der Waals surface area contributed by atoms with Crippen LogP contribution in [0.25, 0.3) is 0 Å². The first-order valence-corrected chi connectivity index (χ1v) is 5.93. The lowest BCUT2D eigenvalue weighted by molar-refractivity contribution is -0.156. The normalized spacial score (nSPS) is 13.1. The molecule has 0 aliphatic rings. The van der Waals surface area contributed by atoms with Crippen molar-refractivity contribution in [3.8, 4) is 0 Å². The summed E-state index contributed by atoms with van der Waals surface area (Å²) in [4.78, 5) is 23.1. The van der Waals surface area contributed by atoms with Crippen molar-refractivity contribution in [1.82, 2.24) is 4.57 Å². The second kappa shape index (κ2) is 5.82. The zero-order valence-corrected chi connectivity index (χ0v) is 11.1. The average molecular weight is 252 g/mol. The molecule has 1 heterocycles. The molecular formula is C13H20N2O3. The quantitative estimate of drug-likeness (QED) is 0.808. The Hall–Kier alpha value is -1.62. The van der Waals surface area contributed by atoms with Gasteiger partial charge in [0.25, 0.3) is 0 Å². The number of nitrogens with zero attached hydrogens (tertiary/aromatic N) is 1. The predicted molar refractivity (Wildman–Crippen MR) is 69.1 cm³/mol. The number of aromatic nitrogens is 1. The lowest BCUT2D eigenvalue weighted by atomic mass is 10.1. The summed E-state index contributed by atoms with van der Waals surface area (Å²) in [5, 5.41) is 0. The minimum absolute atomic E-state index is 0.103. The van der Waals surface area contributed by atoms with Gasteiger partial charge in [-0.05, 0) is 33.3 Å². The van der Waals surface area contributed by atoms with E-state index in [9.17, 15) is 9.59 Å². The Morgan fingerprint density at radius 2 is 2.11 bits per heavy atom. The number of carbonyl (C=O) groups excluding carboxylic acids is 1. The van der Waals surface area contributed by atoms with Gasteiger partial charge in [-0.1, -0.05) is 6.07 Å². The fourth-order valence-corrected chi connectivity index (χ4v) is 1.42. The summed E-state index contributed by atoms with van der Waals surface area (Å²) in [6, 6.07) is 4.20. The number of carbonyl (C=O) groups is 1. The summed E-state index contributed by atoms with van der Waals surface area (Å²) >= 11 is 0. The van der Waals surface area contributed by atoms with Crippen LogP contribution in [-0.4, -0.2) is 22.2 Å². The standard InChI is InChI=1S/C13H20N2O3/c1-13(2,3)18-12(17)10(14)7-9-15-8-5-4-6-11(15)16/h4-6,8,10H,7,9,14H2,1-3H3. The molecule has 1 aromatic rings. The Morgan fingerprint density at radius 1 is 1.44 bits per heavy atom. The highest BCUT2D eigenvalue weighted by atomic mass is 16.6. The second-order valence-electron chi connectivity index (χ2n) is 5.16. The number of hydrogen-bond acceptors (Lipinski definition) is 4. The van der Waals surface area contributed by atoms with Crippen molar-refractivity contribution < 1.29 is 9.53 Å². The monoisotopic (exact) mass is 252 g/mol. The SMILES string of the molecule is CC(C)(C)OC(=O)C(N)CCn1ccccc1=O. The molecule has 1 aromatic heterocycles. The smallest absolute Gasteiger partial charge is 0.323 e. The molecule has 100 valence electrons. The van der Waals surface area contributed by atoms with E-state index < -0.39 is 17.6 Å². The number of hydrogen-bond donors (Lipinski definition) is 1. The number of aryl methyl sites for hydroxylation is 1. The van der Waals surface area contributed by atoms with Crippen LogP contribution < -0.4 is 11.3 Å². The van der Waals surface area contributed by atoms with Crippen LogP contribution >= 0.6 is 0 Å². The number of nitrogens with two attached hydrogens (primary N) is 1. The van der Waals surface area contributed by atoms with Gasteiger partial charge in [-0.15, -0.1) is 0 Å². The van der Waals surface area contributed by atoms with Crippen molar-refractivity contribution in [2.75, 3.05) is 0 Å². The van der Waals surface area contributed by atoms with Crippen molar-refractivity contribution in [3.63, 3.8) is 0 Å². The molecule has 0 radical (unpaired) electrons. The Labute approximate surface area is 107 Å². The molecule has 0 saturated heterocycles. The zero-order chi connectivity index (χ0) is 13.8. The maximum Gasteiger partial charge on any atom is 0.323 e. The van der Waals surface area contributed by atoms with E-state index in [-0.39, 0.29) is 5.56 Å².